The highest BCUT2D eigenvalue weighted by molar-refractivity contribution is 7.22. The molecule has 0 atom stereocenters. The Kier molecular flexibility index (Phi) is 6.72. The molecule has 1 heterocycles. The Balaban J connectivity index is 1.98. The summed E-state index contributed by atoms with van der Waals surface area (Å²) in [4.78, 5) is 21.1. The van der Waals surface area contributed by atoms with Crippen LogP contribution in [0.15, 0.2) is 42.5 Å². The fourth-order valence-electron chi connectivity index (χ4n) is 3.05. The second-order valence-electron chi connectivity index (χ2n) is 6.67. The average molecular weight is 439 g/mol. The van der Waals surface area contributed by atoms with Crippen molar-refractivity contribution in [3.8, 4) is 0 Å². The standard InChI is InChI=1S/C21H21F4N3OS/c1-3-27(4-2)10-11-28(20-26-17-9-8-16(22)13-18(17)30-20)19(29)14-6-5-7-15(12-14)21(23,24)25/h5-9,12-13H,3-4,10-11H2,1-2H3. The van der Waals surface area contributed by atoms with E-state index in [9.17, 15) is 22.4 Å². The maximum Gasteiger partial charge on any atom is 0.416 e. The first kappa shape index (κ1) is 22.2. The fraction of sp³-hybridized carbons (Fsp3) is 0.333. The number of nitrogens with zero attached hydrogens (tertiary/aromatic N) is 3. The van der Waals surface area contributed by atoms with Crippen molar-refractivity contribution in [2.75, 3.05) is 31.1 Å². The number of benzene rings is 2. The minimum atomic E-state index is -4.55. The molecule has 0 aliphatic carbocycles. The van der Waals surface area contributed by atoms with Crippen molar-refractivity contribution < 1.29 is 22.4 Å². The number of carbonyl (C=O) groups excluding carboxylic acids is 1. The largest absolute Gasteiger partial charge is 0.416 e. The molecule has 0 N–H and O–H groups in total. The molecule has 0 aliphatic rings. The number of aromatic nitrogens is 1. The van der Waals surface area contributed by atoms with E-state index in [2.05, 4.69) is 9.88 Å². The summed E-state index contributed by atoms with van der Waals surface area (Å²) in [6.45, 7) is 6.30. The van der Waals surface area contributed by atoms with Gasteiger partial charge < -0.3 is 4.90 Å². The number of halogens is 4. The second kappa shape index (κ2) is 9.09. The van der Waals surface area contributed by atoms with E-state index in [1.807, 2.05) is 13.8 Å². The molecule has 30 heavy (non-hydrogen) atoms. The third-order valence-electron chi connectivity index (χ3n) is 4.79. The van der Waals surface area contributed by atoms with Crippen LogP contribution in [0.2, 0.25) is 0 Å². The third kappa shape index (κ3) is 4.96. The van der Waals surface area contributed by atoms with Gasteiger partial charge in [-0.3, -0.25) is 9.69 Å². The van der Waals surface area contributed by atoms with Gasteiger partial charge in [-0.15, -0.1) is 0 Å². The van der Waals surface area contributed by atoms with Crippen molar-refractivity contribution in [3.05, 3.63) is 59.4 Å². The average Bonchev–Trinajstić information content (AvgIpc) is 3.13. The molecule has 0 fully saturated rings. The van der Waals surface area contributed by atoms with Crippen LogP contribution in [-0.4, -0.2) is 42.0 Å². The van der Waals surface area contributed by atoms with E-state index in [-0.39, 0.29) is 12.1 Å². The van der Waals surface area contributed by atoms with Gasteiger partial charge in [0.25, 0.3) is 5.91 Å². The van der Waals surface area contributed by atoms with Crippen LogP contribution in [0.3, 0.4) is 0 Å². The summed E-state index contributed by atoms with van der Waals surface area (Å²) in [6, 6.07) is 8.47. The first-order chi connectivity index (χ1) is 14.2. The number of rotatable bonds is 7. The maximum atomic E-state index is 13.6. The molecular weight excluding hydrogens is 418 g/mol. The first-order valence-electron chi connectivity index (χ1n) is 9.50. The molecule has 0 bridgehead atoms. The second-order valence-corrected chi connectivity index (χ2v) is 7.68. The first-order valence-corrected chi connectivity index (χ1v) is 10.3. The zero-order valence-corrected chi connectivity index (χ0v) is 17.4. The predicted octanol–water partition coefficient (Wildman–Crippen LogP) is 5.44. The molecule has 1 amide bonds. The molecule has 160 valence electrons. The predicted molar refractivity (Wildman–Crippen MR) is 110 cm³/mol. The van der Waals surface area contributed by atoms with Crippen LogP contribution >= 0.6 is 11.3 Å². The fourth-order valence-corrected chi connectivity index (χ4v) is 4.07. The Labute approximate surface area is 175 Å². The van der Waals surface area contributed by atoms with Gasteiger partial charge in [0.15, 0.2) is 5.13 Å². The Bertz CT molecular complexity index is 1030. The monoisotopic (exact) mass is 439 g/mol. The zero-order valence-electron chi connectivity index (χ0n) is 16.5. The normalized spacial score (nSPS) is 12.0. The van der Waals surface area contributed by atoms with Crippen molar-refractivity contribution in [2.24, 2.45) is 0 Å². The number of thiazole rings is 1. The molecule has 9 heteroatoms. The minimum Gasteiger partial charge on any atom is -0.302 e. The lowest BCUT2D eigenvalue weighted by atomic mass is 10.1. The summed E-state index contributed by atoms with van der Waals surface area (Å²) in [6.07, 6.45) is -4.55. The van der Waals surface area contributed by atoms with E-state index in [1.165, 1.54) is 35.2 Å². The highest BCUT2D eigenvalue weighted by Crippen LogP contribution is 2.32. The van der Waals surface area contributed by atoms with Gasteiger partial charge in [0.05, 0.1) is 15.8 Å². The Morgan fingerprint density at radius 3 is 2.47 bits per heavy atom. The summed E-state index contributed by atoms with van der Waals surface area (Å²) in [5.74, 6) is -0.996. The lowest BCUT2D eigenvalue weighted by molar-refractivity contribution is -0.137. The topological polar surface area (TPSA) is 36.4 Å². The van der Waals surface area contributed by atoms with Gasteiger partial charge in [-0.2, -0.15) is 13.2 Å². The summed E-state index contributed by atoms with van der Waals surface area (Å²) < 4.78 is 53.4. The van der Waals surface area contributed by atoms with Gasteiger partial charge in [0.2, 0.25) is 0 Å². The van der Waals surface area contributed by atoms with Gasteiger partial charge in [-0.05, 0) is 49.5 Å². The number of fused-ring (bicyclic) bond motifs is 1. The summed E-state index contributed by atoms with van der Waals surface area (Å²) in [7, 11) is 0. The van der Waals surface area contributed by atoms with Crippen molar-refractivity contribution in [2.45, 2.75) is 20.0 Å². The Hall–Kier alpha value is -2.52. The van der Waals surface area contributed by atoms with Crippen LogP contribution < -0.4 is 4.90 Å². The van der Waals surface area contributed by atoms with Crippen molar-refractivity contribution in [3.63, 3.8) is 0 Å². The molecule has 4 nitrogen and oxygen atoms in total. The van der Waals surface area contributed by atoms with Crippen LogP contribution in [0.5, 0.6) is 0 Å². The molecule has 0 aliphatic heterocycles. The molecule has 0 radical (unpaired) electrons. The van der Waals surface area contributed by atoms with E-state index < -0.39 is 23.5 Å². The van der Waals surface area contributed by atoms with Crippen molar-refractivity contribution in [1.29, 1.82) is 0 Å². The van der Waals surface area contributed by atoms with Crippen LogP contribution in [0.4, 0.5) is 22.7 Å². The number of hydrogen-bond donors (Lipinski definition) is 0. The molecule has 0 saturated heterocycles. The van der Waals surface area contributed by atoms with Crippen LogP contribution in [0.25, 0.3) is 10.2 Å². The Morgan fingerprint density at radius 2 is 1.80 bits per heavy atom. The van der Waals surface area contributed by atoms with Gasteiger partial charge in [-0.1, -0.05) is 31.3 Å². The molecule has 3 aromatic rings. The van der Waals surface area contributed by atoms with Crippen LogP contribution in [0, 0.1) is 5.82 Å². The zero-order chi connectivity index (χ0) is 21.9. The lowest BCUT2D eigenvalue weighted by Gasteiger charge is -2.25. The highest BCUT2D eigenvalue weighted by Gasteiger charge is 2.32. The molecule has 0 spiro atoms. The van der Waals surface area contributed by atoms with Crippen molar-refractivity contribution >= 4 is 32.6 Å². The van der Waals surface area contributed by atoms with Crippen molar-refractivity contribution in [1.82, 2.24) is 9.88 Å². The van der Waals surface area contributed by atoms with Gasteiger partial charge in [0, 0.05) is 18.7 Å². The van der Waals surface area contributed by atoms with E-state index in [1.54, 1.807) is 0 Å². The van der Waals surface area contributed by atoms with E-state index >= 15 is 0 Å². The number of alkyl halides is 3. The highest BCUT2D eigenvalue weighted by atomic mass is 32.1. The molecule has 1 aromatic heterocycles. The van der Waals surface area contributed by atoms with Gasteiger partial charge in [0.1, 0.15) is 5.82 Å². The SMILES string of the molecule is CCN(CC)CCN(C(=O)c1cccc(C(F)(F)F)c1)c1nc2ccc(F)cc2s1. The third-order valence-corrected chi connectivity index (χ3v) is 5.83. The summed E-state index contributed by atoms with van der Waals surface area (Å²) in [5, 5.41) is 0.324. The number of hydrogen-bond acceptors (Lipinski definition) is 4. The molecular formula is C21H21F4N3OS. The van der Waals surface area contributed by atoms with Gasteiger partial charge >= 0.3 is 6.18 Å². The van der Waals surface area contributed by atoms with E-state index in [4.69, 9.17) is 0 Å². The number of amides is 1. The number of carbonyl (C=O) groups is 1. The lowest BCUT2D eigenvalue weighted by Crippen LogP contribution is -2.39. The molecule has 2 aromatic carbocycles. The maximum absolute atomic E-state index is 13.6. The summed E-state index contributed by atoms with van der Waals surface area (Å²) >= 11 is 1.13. The van der Waals surface area contributed by atoms with Gasteiger partial charge in [-0.25, -0.2) is 9.37 Å². The molecule has 0 unspecified atom stereocenters. The Morgan fingerprint density at radius 1 is 1.07 bits per heavy atom. The minimum absolute atomic E-state index is 0.0743. The number of anilines is 1. The number of likely N-dealkylation sites (N-methyl/N-ethyl adjacent to an activating group) is 1. The smallest absolute Gasteiger partial charge is 0.302 e. The quantitative estimate of drug-likeness (QED) is 0.460. The molecule has 0 saturated carbocycles. The van der Waals surface area contributed by atoms with E-state index in [0.717, 1.165) is 36.6 Å². The van der Waals surface area contributed by atoms with E-state index in [0.29, 0.717) is 21.9 Å². The van der Waals surface area contributed by atoms with Crippen LogP contribution in [0.1, 0.15) is 29.8 Å². The molecule has 3 rings (SSSR count). The van der Waals surface area contributed by atoms with Crippen LogP contribution in [-0.2, 0) is 6.18 Å². The summed E-state index contributed by atoms with van der Waals surface area (Å²) in [5.41, 5.74) is -0.431.